The van der Waals surface area contributed by atoms with Crippen LogP contribution in [-0.2, 0) is 4.79 Å². The highest BCUT2D eigenvalue weighted by molar-refractivity contribution is 5.98. The van der Waals surface area contributed by atoms with Crippen molar-refractivity contribution in [1.82, 2.24) is 10.6 Å². The molecule has 2 rings (SSSR count). The van der Waals surface area contributed by atoms with Crippen molar-refractivity contribution >= 4 is 17.6 Å². The van der Waals surface area contributed by atoms with Crippen molar-refractivity contribution in [3.05, 3.63) is 60.2 Å². The van der Waals surface area contributed by atoms with Gasteiger partial charge in [-0.1, -0.05) is 30.3 Å². The first-order chi connectivity index (χ1) is 11.1. The summed E-state index contributed by atoms with van der Waals surface area (Å²) in [7, 11) is 3.04. The van der Waals surface area contributed by atoms with E-state index in [0.29, 0.717) is 0 Å². The third kappa shape index (κ3) is 4.47. The summed E-state index contributed by atoms with van der Waals surface area (Å²) in [6.07, 6.45) is 0. The second-order valence-electron chi connectivity index (χ2n) is 4.78. The van der Waals surface area contributed by atoms with E-state index in [4.69, 9.17) is 4.74 Å². The Balaban J connectivity index is 2.22. The van der Waals surface area contributed by atoms with E-state index in [1.54, 1.807) is 19.2 Å². The Hall–Kier alpha value is -3.02. The topological polar surface area (TPSA) is 79.5 Å². The third-order valence-corrected chi connectivity index (χ3v) is 3.26. The maximum absolute atomic E-state index is 12.4. The number of amides is 3. The van der Waals surface area contributed by atoms with Crippen molar-refractivity contribution in [2.24, 2.45) is 0 Å². The van der Waals surface area contributed by atoms with Crippen LogP contribution in [-0.4, -0.2) is 26.1 Å². The minimum atomic E-state index is -0.693. The molecule has 23 heavy (non-hydrogen) atoms. The number of anilines is 1. The summed E-state index contributed by atoms with van der Waals surface area (Å²) in [6.45, 7) is 0. The van der Waals surface area contributed by atoms with E-state index in [-0.39, 0.29) is 0 Å². The molecular weight excluding hydrogens is 294 g/mol. The molecule has 2 aromatic carbocycles. The Morgan fingerprint density at radius 2 is 1.65 bits per heavy atom. The van der Waals surface area contributed by atoms with E-state index in [0.717, 1.165) is 17.0 Å². The molecule has 0 bridgehead atoms. The second kappa shape index (κ2) is 7.84. The number of hydrogen-bond donors (Lipinski definition) is 3. The number of ether oxygens (including phenoxy) is 1. The molecule has 3 N–H and O–H groups in total. The lowest BCUT2D eigenvalue weighted by Gasteiger charge is -2.19. The van der Waals surface area contributed by atoms with Crippen LogP contribution in [0.4, 0.5) is 10.5 Å². The van der Waals surface area contributed by atoms with Crippen molar-refractivity contribution in [3.8, 4) is 5.75 Å². The van der Waals surface area contributed by atoms with E-state index in [1.165, 1.54) is 7.05 Å². The van der Waals surface area contributed by atoms with Gasteiger partial charge >= 0.3 is 6.03 Å². The molecule has 6 nitrogen and oxygen atoms in total. The number of methoxy groups -OCH3 is 1. The lowest BCUT2D eigenvalue weighted by atomic mass is 10.1. The van der Waals surface area contributed by atoms with Gasteiger partial charge in [-0.25, -0.2) is 4.79 Å². The molecule has 0 heterocycles. The summed E-state index contributed by atoms with van der Waals surface area (Å²) in [5.74, 6) is 0.285. The summed E-state index contributed by atoms with van der Waals surface area (Å²) < 4.78 is 5.11. The zero-order chi connectivity index (χ0) is 16.7. The van der Waals surface area contributed by atoms with Gasteiger partial charge in [0.15, 0.2) is 0 Å². The highest BCUT2D eigenvalue weighted by Crippen LogP contribution is 2.22. The van der Waals surface area contributed by atoms with E-state index in [2.05, 4.69) is 16.0 Å². The summed E-state index contributed by atoms with van der Waals surface area (Å²) in [6, 6.07) is 15.1. The van der Waals surface area contributed by atoms with Gasteiger partial charge in [-0.15, -0.1) is 0 Å². The lowest BCUT2D eigenvalue weighted by Crippen LogP contribution is -2.42. The number of hydrogen-bond acceptors (Lipinski definition) is 4. The SMILES string of the molecule is CNC(=O)NC(=O)[C@@H](Nc1ccc(OC)cc1)c1ccccc1. The molecule has 6 heteroatoms. The first-order valence-electron chi connectivity index (χ1n) is 7.12. The Morgan fingerprint density at radius 1 is 1.00 bits per heavy atom. The summed E-state index contributed by atoms with van der Waals surface area (Å²) in [5, 5.41) is 7.79. The molecule has 0 aliphatic heterocycles. The van der Waals surface area contributed by atoms with Gasteiger partial charge in [0.1, 0.15) is 11.8 Å². The van der Waals surface area contributed by atoms with Gasteiger partial charge in [0.2, 0.25) is 0 Å². The van der Waals surface area contributed by atoms with Gasteiger partial charge in [0.05, 0.1) is 7.11 Å². The van der Waals surface area contributed by atoms with Gasteiger partial charge in [-0.2, -0.15) is 0 Å². The molecule has 0 aliphatic rings. The average molecular weight is 313 g/mol. The highest BCUT2D eigenvalue weighted by Gasteiger charge is 2.22. The predicted molar refractivity (Wildman–Crippen MR) is 88.4 cm³/mol. The fraction of sp³-hybridized carbons (Fsp3) is 0.176. The smallest absolute Gasteiger partial charge is 0.321 e. The Morgan fingerprint density at radius 3 is 2.22 bits per heavy atom. The molecule has 2 aromatic rings. The normalized spacial score (nSPS) is 11.2. The summed E-state index contributed by atoms with van der Waals surface area (Å²) in [5.41, 5.74) is 1.50. The van der Waals surface area contributed by atoms with Crippen LogP contribution in [0.15, 0.2) is 54.6 Å². The molecule has 0 aliphatic carbocycles. The van der Waals surface area contributed by atoms with Crippen LogP contribution >= 0.6 is 0 Å². The van der Waals surface area contributed by atoms with Gasteiger partial charge < -0.3 is 15.4 Å². The zero-order valence-electron chi connectivity index (χ0n) is 13.0. The number of imide groups is 1. The van der Waals surface area contributed by atoms with Crippen LogP contribution < -0.4 is 20.7 Å². The van der Waals surface area contributed by atoms with Crippen LogP contribution in [0.5, 0.6) is 5.75 Å². The number of carbonyl (C=O) groups excluding carboxylic acids is 2. The molecule has 0 saturated heterocycles. The van der Waals surface area contributed by atoms with E-state index >= 15 is 0 Å². The monoisotopic (exact) mass is 313 g/mol. The third-order valence-electron chi connectivity index (χ3n) is 3.26. The van der Waals surface area contributed by atoms with Gasteiger partial charge in [0, 0.05) is 12.7 Å². The maximum Gasteiger partial charge on any atom is 0.321 e. The van der Waals surface area contributed by atoms with Gasteiger partial charge in [0.25, 0.3) is 5.91 Å². The van der Waals surface area contributed by atoms with E-state index < -0.39 is 18.0 Å². The minimum absolute atomic E-state index is 0.439. The van der Waals surface area contributed by atoms with Crippen LogP contribution in [0.2, 0.25) is 0 Å². The first-order valence-corrected chi connectivity index (χ1v) is 7.12. The highest BCUT2D eigenvalue weighted by atomic mass is 16.5. The number of rotatable bonds is 5. The van der Waals surface area contributed by atoms with Crippen molar-refractivity contribution in [2.45, 2.75) is 6.04 Å². The fourth-order valence-corrected chi connectivity index (χ4v) is 2.05. The molecule has 0 fully saturated rings. The van der Waals surface area contributed by atoms with Crippen molar-refractivity contribution < 1.29 is 14.3 Å². The maximum atomic E-state index is 12.4. The van der Waals surface area contributed by atoms with Crippen molar-refractivity contribution in [1.29, 1.82) is 0 Å². The van der Waals surface area contributed by atoms with Crippen molar-refractivity contribution in [2.75, 3.05) is 19.5 Å². The predicted octanol–water partition coefficient (Wildman–Crippen LogP) is 2.30. The number of nitrogens with one attached hydrogen (secondary N) is 3. The second-order valence-corrected chi connectivity index (χ2v) is 4.78. The Bertz CT molecular complexity index is 657. The van der Waals surface area contributed by atoms with Crippen LogP contribution in [0, 0.1) is 0 Å². The molecule has 0 saturated carbocycles. The van der Waals surface area contributed by atoms with Crippen LogP contribution in [0.1, 0.15) is 11.6 Å². The number of urea groups is 1. The van der Waals surface area contributed by atoms with Gasteiger partial charge in [-0.05, 0) is 29.8 Å². The summed E-state index contributed by atoms with van der Waals surface area (Å²) >= 11 is 0. The molecule has 3 amide bonds. The average Bonchev–Trinajstić information content (AvgIpc) is 2.60. The quantitative estimate of drug-likeness (QED) is 0.791. The zero-order valence-corrected chi connectivity index (χ0v) is 13.0. The molecule has 0 aromatic heterocycles. The summed E-state index contributed by atoms with van der Waals surface area (Å²) in [4.78, 5) is 23.8. The molecule has 120 valence electrons. The van der Waals surface area contributed by atoms with E-state index in [9.17, 15) is 9.59 Å². The Kier molecular flexibility index (Phi) is 5.57. The molecule has 0 spiro atoms. The Labute approximate surface area is 134 Å². The van der Waals surface area contributed by atoms with Gasteiger partial charge in [-0.3, -0.25) is 10.1 Å². The number of carbonyl (C=O) groups is 2. The lowest BCUT2D eigenvalue weighted by molar-refractivity contribution is -0.120. The minimum Gasteiger partial charge on any atom is -0.497 e. The molecule has 0 unspecified atom stereocenters. The van der Waals surface area contributed by atoms with Crippen LogP contribution in [0.3, 0.4) is 0 Å². The molecular formula is C17H19N3O3. The van der Waals surface area contributed by atoms with E-state index in [1.807, 2.05) is 42.5 Å². The van der Waals surface area contributed by atoms with Crippen LogP contribution in [0.25, 0.3) is 0 Å². The first kappa shape index (κ1) is 16.4. The number of benzene rings is 2. The standard InChI is InChI=1S/C17H19N3O3/c1-18-17(22)20-16(21)15(12-6-4-3-5-7-12)19-13-8-10-14(23-2)11-9-13/h3-11,15,19H,1-2H3,(H2,18,20,21,22)/t15-/m0/s1. The largest absolute Gasteiger partial charge is 0.497 e. The fourth-order valence-electron chi connectivity index (χ4n) is 2.05. The molecule has 0 radical (unpaired) electrons. The molecule has 1 atom stereocenters. The van der Waals surface area contributed by atoms with Crippen molar-refractivity contribution in [3.63, 3.8) is 0 Å².